The maximum absolute atomic E-state index is 12.7. The number of carbonyl (C=O) groups is 2. The molecular weight excluding hydrogens is 461 g/mol. The van der Waals surface area contributed by atoms with Crippen molar-refractivity contribution in [3.63, 3.8) is 0 Å². The van der Waals surface area contributed by atoms with Crippen molar-refractivity contribution >= 4 is 29.1 Å². The Hall–Kier alpha value is -4.27. The monoisotopic (exact) mass is 484 g/mol. The molecule has 35 heavy (non-hydrogen) atoms. The van der Waals surface area contributed by atoms with E-state index in [2.05, 4.69) is 5.32 Å². The average Bonchev–Trinajstić information content (AvgIpc) is 2.83. The van der Waals surface area contributed by atoms with Gasteiger partial charge < -0.3 is 15.2 Å². The molecule has 0 heterocycles. The second-order valence-electron chi connectivity index (χ2n) is 7.47. The van der Waals surface area contributed by atoms with Crippen LogP contribution in [0, 0.1) is 0 Å². The normalized spacial score (nSPS) is 11.6. The molecule has 9 heteroatoms. The molecular formula is C26H23F3N2O4. The van der Waals surface area contributed by atoms with Gasteiger partial charge in [-0.3, -0.25) is 4.90 Å². The number of aliphatic carboxylic acids is 1. The fourth-order valence-electron chi connectivity index (χ4n) is 3.26. The Labute approximate surface area is 200 Å². The van der Waals surface area contributed by atoms with Gasteiger partial charge in [0.2, 0.25) is 0 Å². The number of carboxylic acid groups (broad SMARTS) is 1. The number of rotatable bonds is 7. The molecule has 3 rings (SSSR count). The quantitative estimate of drug-likeness (QED) is 0.296. The van der Waals surface area contributed by atoms with E-state index >= 15 is 0 Å². The maximum Gasteiger partial charge on any atom is 0.416 e. The number of alkyl halides is 3. The summed E-state index contributed by atoms with van der Waals surface area (Å²) in [6.07, 6.45) is -3.45. The SMILES string of the molecule is CCO/C(=C\C(=O)O)c1ccc(-c2cccc(N(C)C(=O)Nc3ccc(C(F)(F)F)cc3)c2)cc1. The zero-order chi connectivity index (χ0) is 25.6. The van der Waals surface area contributed by atoms with Crippen LogP contribution in [0.25, 0.3) is 16.9 Å². The molecule has 0 atom stereocenters. The fraction of sp³-hybridized carbons (Fsp3) is 0.154. The van der Waals surface area contributed by atoms with Gasteiger partial charge in [-0.05, 0) is 54.4 Å². The van der Waals surface area contributed by atoms with E-state index in [-0.39, 0.29) is 11.4 Å². The summed E-state index contributed by atoms with van der Waals surface area (Å²) in [5.74, 6) is -0.859. The van der Waals surface area contributed by atoms with Crippen molar-refractivity contribution in [2.45, 2.75) is 13.1 Å². The van der Waals surface area contributed by atoms with E-state index in [0.717, 1.165) is 29.3 Å². The second kappa shape index (κ2) is 10.8. The lowest BCUT2D eigenvalue weighted by molar-refractivity contribution is -0.137. The van der Waals surface area contributed by atoms with Gasteiger partial charge >= 0.3 is 18.2 Å². The van der Waals surface area contributed by atoms with E-state index < -0.39 is 23.7 Å². The van der Waals surface area contributed by atoms with E-state index in [1.54, 1.807) is 44.3 Å². The van der Waals surface area contributed by atoms with Crippen LogP contribution in [0.4, 0.5) is 29.3 Å². The second-order valence-corrected chi connectivity index (χ2v) is 7.47. The standard InChI is InChI=1S/C26H23F3N2O4/c1-3-35-23(16-24(32)33)18-9-7-17(8-10-18)19-5-4-6-22(15-19)31(2)25(34)30-21-13-11-20(12-14-21)26(27,28)29/h4-16H,3H2,1-2H3,(H,30,34)(H,32,33)/b23-16-. The Balaban J connectivity index is 1.75. The third-order valence-electron chi connectivity index (χ3n) is 5.06. The third kappa shape index (κ3) is 6.63. The summed E-state index contributed by atoms with van der Waals surface area (Å²) < 4.78 is 43.6. The highest BCUT2D eigenvalue weighted by Gasteiger charge is 2.30. The highest BCUT2D eigenvalue weighted by atomic mass is 19.4. The number of hydrogen-bond donors (Lipinski definition) is 2. The lowest BCUT2D eigenvalue weighted by Crippen LogP contribution is -2.31. The molecule has 0 aromatic heterocycles. The molecule has 6 nitrogen and oxygen atoms in total. The van der Waals surface area contributed by atoms with Gasteiger partial charge in [0.05, 0.1) is 18.2 Å². The molecule has 0 aliphatic rings. The van der Waals surface area contributed by atoms with Gasteiger partial charge in [-0.1, -0.05) is 36.4 Å². The van der Waals surface area contributed by atoms with E-state index in [9.17, 15) is 22.8 Å². The molecule has 0 saturated heterocycles. The molecule has 0 fully saturated rings. The lowest BCUT2D eigenvalue weighted by atomic mass is 10.0. The van der Waals surface area contributed by atoms with Gasteiger partial charge in [-0.2, -0.15) is 13.2 Å². The van der Waals surface area contributed by atoms with E-state index in [1.807, 2.05) is 18.2 Å². The average molecular weight is 484 g/mol. The first-order valence-electron chi connectivity index (χ1n) is 10.6. The van der Waals surface area contributed by atoms with E-state index in [1.165, 1.54) is 17.0 Å². The van der Waals surface area contributed by atoms with Crippen LogP contribution in [-0.4, -0.2) is 30.8 Å². The summed E-state index contributed by atoms with van der Waals surface area (Å²) in [7, 11) is 1.55. The summed E-state index contributed by atoms with van der Waals surface area (Å²) >= 11 is 0. The first-order valence-corrected chi connectivity index (χ1v) is 10.6. The number of hydrogen-bond acceptors (Lipinski definition) is 3. The van der Waals surface area contributed by atoms with Crippen molar-refractivity contribution in [3.8, 4) is 11.1 Å². The van der Waals surface area contributed by atoms with Crippen LogP contribution in [0.1, 0.15) is 18.1 Å². The molecule has 0 spiro atoms. The molecule has 182 valence electrons. The molecule has 0 unspecified atom stereocenters. The lowest BCUT2D eigenvalue weighted by Gasteiger charge is -2.19. The topological polar surface area (TPSA) is 78.9 Å². The molecule has 2 amide bonds. The maximum atomic E-state index is 12.7. The number of urea groups is 1. The van der Waals surface area contributed by atoms with Crippen molar-refractivity contribution in [3.05, 3.63) is 90.0 Å². The van der Waals surface area contributed by atoms with Crippen molar-refractivity contribution in [1.29, 1.82) is 0 Å². The number of ether oxygens (including phenoxy) is 1. The molecule has 3 aromatic carbocycles. The molecule has 0 bridgehead atoms. The van der Waals surface area contributed by atoms with Gasteiger partial charge in [-0.15, -0.1) is 0 Å². The van der Waals surface area contributed by atoms with Crippen molar-refractivity contribution in [2.24, 2.45) is 0 Å². The largest absolute Gasteiger partial charge is 0.493 e. The first kappa shape index (κ1) is 25.4. The number of nitrogens with one attached hydrogen (secondary N) is 1. The smallest absolute Gasteiger partial charge is 0.416 e. The highest BCUT2D eigenvalue weighted by molar-refractivity contribution is 6.01. The number of amides is 2. The van der Waals surface area contributed by atoms with Gasteiger partial charge in [0.15, 0.2) is 0 Å². The Morgan fingerprint density at radius 3 is 2.23 bits per heavy atom. The van der Waals surface area contributed by atoms with Crippen molar-refractivity contribution in [1.82, 2.24) is 0 Å². The van der Waals surface area contributed by atoms with E-state index in [0.29, 0.717) is 17.9 Å². The minimum atomic E-state index is -4.45. The van der Waals surface area contributed by atoms with Crippen molar-refractivity contribution in [2.75, 3.05) is 23.9 Å². The Kier molecular flexibility index (Phi) is 7.80. The molecule has 0 saturated carbocycles. The van der Waals surface area contributed by atoms with Crippen LogP contribution in [0.2, 0.25) is 0 Å². The van der Waals surface area contributed by atoms with Crippen LogP contribution < -0.4 is 10.2 Å². The predicted octanol–water partition coefficient (Wildman–Crippen LogP) is 6.50. The predicted molar refractivity (Wildman–Crippen MR) is 128 cm³/mol. The summed E-state index contributed by atoms with van der Waals surface area (Å²) in [5, 5.41) is 11.6. The minimum Gasteiger partial charge on any atom is -0.493 e. The summed E-state index contributed by atoms with van der Waals surface area (Å²) in [6, 6.07) is 17.9. The van der Waals surface area contributed by atoms with Crippen LogP contribution >= 0.6 is 0 Å². The van der Waals surface area contributed by atoms with Crippen LogP contribution in [-0.2, 0) is 15.7 Å². The summed E-state index contributed by atoms with van der Waals surface area (Å²) in [4.78, 5) is 25.0. The Morgan fingerprint density at radius 2 is 1.66 bits per heavy atom. The molecule has 0 aliphatic carbocycles. The van der Waals surface area contributed by atoms with Gasteiger partial charge in [-0.25, -0.2) is 9.59 Å². The molecule has 0 aliphatic heterocycles. The number of halogens is 3. The zero-order valence-corrected chi connectivity index (χ0v) is 19.0. The third-order valence-corrected chi connectivity index (χ3v) is 5.06. The number of nitrogens with zero attached hydrogens (tertiary/aromatic N) is 1. The highest BCUT2D eigenvalue weighted by Crippen LogP contribution is 2.30. The van der Waals surface area contributed by atoms with Gasteiger partial charge in [0.1, 0.15) is 5.76 Å². The van der Waals surface area contributed by atoms with Gasteiger partial charge in [0, 0.05) is 24.0 Å². The van der Waals surface area contributed by atoms with Crippen LogP contribution in [0.5, 0.6) is 0 Å². The number of anilines is 2. The first-order chi connectivity index (χ1) is 16.6. The Bertz CT molecular complexity index is 1220. The summed E-state index contributed by atoms with van der Waals surface area (Å²) in [6.45, 7) is 2.09. The Morgan fingerprint density at radius 1 is 1.00 bits per heavy atom. The molecule has 0 radical (unpaired) electrons. The van der Waals surface area contributed by atoms with Gasteiger partial charge in [0.25, 0.3) is 0 Å². The van der Waals surface area contributed by atoms with Crippen LogP contribution in [0.3, 0.4) is 0 Å². The molecule has 2 N–H and O–H groups in total. The number of carbonyl (C=O) groups excluding carboxylic acids is 1. The molecule has 3 aromatic rings. The number of carboxylic acids is 1. The van der Waals surface area contributed by atoms with Crippen molar-refractivity contribution < 1.29 is 32.6 Å². The fourth-order valence-corrected chi connectivity index (χ4v) is 3.26. The number of benzene rings is 3. The zero-order valence-electron chi connectivity index (χ0n) is 19.0. The van der Waals surface area contributed by atoms with E-state index in [4.69, 9.17) is 9.84 Å². The minimum absolute atomic E-state index is 0.237. The summed E-state index contributed by atoms with van der Waals surface area (Å²) in [5.41, 5.74) is 2.26. The van der Waals surface area contributed by atoms with Crippen LogP contribution in [0.15, 0.2) is 78.9 Å².